The first-order valence-corrected chi connectivity index (χ1v) is 14.8. The van der Waals surface area contributed by atoms with Gasteiger partial charge in [-0.15, -0.1) is 5.06 Å². The predicted octanol–water partition coefficient (Wildman–Crippen LogP) is 0.430. The van der Waals surface area contributed by atoms with E-state index in [1.165, 1.54) is 20.7 Å². The molecule has 1 atom stereocenters. The number of rotatable bonds is 12. The van der Waals surface area contributed by atoms with Gasteiger partial charge in [-0.2, -0.15) is 5.10 Å². The second-order valence-corrected chi connectivity index (χ2v) is 10.5. The van der Waals surface area contributed by atoms with Crippen molar-refractivity contribution in [2.24, 2.45) is 0 Å². The van der Waals surface area contributed by atoms with Crippen molar-refractivity contribution < 1.29 is 48.5 Å². The van der Waals surface area contributed by atoms with Crippen LogP contribution in [0.2, 0.25) is 0 Å². The molecule has 2 aliphatic rings. The van der Waals surface area contributed by atoms with Crippen LogP contribution in [0.5, 0.6) is 5.88 Å². The SMILES string of the molecule is CCOC(=O)ON1CCN(C(=O)[C@H](CCC(=O)O)NC(=O)c2cc(OCC(=O)N3CCC(O)CC3)n(-c3ccccc3)n2)CC1. The highest BCUT2D eigenvalue weighted by Gasteiger charge is 2.31. The third-order valence-corrected chi connectivity index (χ3v) is 7.34. The summed E-state index contributed by atoms with van der Waals surface area (Å²) in [5.41, 5.74) is 0.449. The normalized spacial score (nSPS) is 16.5. The second kappa shape index (κ2) is 15.9. The third-order valence-electron chi connectivity index (χ3n) is 7.34. The Labute approximate surface area is 259 Å². The van der Waals surface area contributed by atoms with Gasteiger partial charge >= 0.3 is 12.1 Å². The molecule has 1 aromatic heterocycles. The van der Waals surface area contributed by atoms with E-state index in [2.05, 4.69) is 10.4 Å². The lowest BCUT2D eigenvalue weighted by Crippen LogP contribution is -2.55. The lowest BCUT2D eigenvalue weighted by molar-refractivity contribution is -0.157. The van der Waals surface area contributed by atoms with Crippen molar-refractivity contribution in [3.05, 3.63) is 42.1 Å². The van der Waals surface area contributed by atoms with E-state index in [1.54, 1.807) is 42.2 Å². The molecular weight excluding hydrogens is 592 g/mol. The number of carboxylic acids is 1. The minimum absolute atomic E-state index is 0.108. The Morgan fingerprint density at radius 1 is 1.00 bits per heavy atom. The van der Waals surface area contributed by atoms with E-state index in [4.69, 9.17) is 14.3 Å². The molecule has 0 unspecified atom stereocenters. The summed E-state index contributed by atoms with van der Waals surface area (Å²) in [6.45, 7) is 3.04. The van der Waals surface area contributed by atoms with E-state index in [-0.39, 0.29) is 69.7 Å². The lowest BCUT2D eigenvalue weighted by atomic mass is 10.1. The fourth-order valence-electron chi connectivity index (χ4n) is 4.90. The van der Waals surface area contributed by atoms with Crippen LogP contribution in [-0.4, -0.2) is 129 Å². The van der Waals surface area contributed by atoms with Crippen molar-refractivity contribution in [2.45, 2.75) is 44.8 Å². The molecular formula is C29H38N6O10. The number of carboxylic acid groups (broad SMARTS) is 1. The van der Waals surface area contributed by atoms with Crippen molar-refractivity contribution in [1.82, 2.24) is 30.0 Å². The monoisotopic (exact) mass is 630 g/mol. The second-order valence-electron chi connectivity index (χ2n) is 10.5. The summed E-state index contributed by atoms with van der Waals surface area (Å²) < 4.78 is 11.9. The number of amides is 3. The van der Waals surface area contributed by atoms with Gasteiger partial charge in [0.15, 0.2) is 12.3 Å². The van der Waals surface area contributed by atoms with E-state index >= 15 is 0 Å². The van der Waals surface area contributed by atoms with Crippen LogP contribution in [0.4, 0.5) is 4.79 Å². The van der Waals surface area contributed by atoms with Crippen LogP contribution in [0.1, 0.15) is 43.1 Å². The zero-order chi connectivity index (χ0) is 32.3. The van der Waals surface area contributed by atoms with E-state index in [0.717, 1.165) is 0 Å². The number of aromatic nitrogens is 2. The number of carbonyl (C=O) groups excluding carboxylic acids is 4. The van der Waals surface area contributed by atoms with Gasteiger partial charge in [0.05, 0.1) is 31.5 Å². The van der Waals surface area contributed by atoms with Crippen molar-refractivity contribution in [3.8, 4) is 11.6 Å². The molecule has 3 amide bonds. The highest BCUT2D eigenvalue weighted by Crippen LogP contribution is 2.21. The molecule has 0 spiro atoms. The van der Waals surface area contributed by atoms with E-state index in [1.807, 2.05) is 0 Å². The Hall–Kier alpha value is -4.70. The van der Waals surface area contributed by atoms with Gasteiger partial charge in [-0.3, -0.25) is 19.2 Å². The van der Waals surface area contributed by atoms with Crippen LogP contribution in [-0.2, 0) is 24.0 Å². The highest BCUT2D eigenvalue weighted by molar-refractivity contribution is 5.96. The maximum atomic E-state index is 13.4. The maximum Gasteiger partial charge on any atom is 0.527 e. The Morgan fingerprint density at radius 3 is 2.33 bits per heavy atom. The Kier molecular flexibility index (Phi) is 11.7. The van der Waals surface area contributed by atoms with Crippen LogP contribution in [0.25, 0.3) is 5.69 Å². The molecule has 3 heterocycles. The number of aliphatic hydroxyl groups is 1. The molecule has 0 aliphatic carbocycles. The average Bonchev–Trinajstić information content (AvgIpc) is 3.47. The molecule has 0 bridgehead atoms. The van der Waals surface area contributed by atoms with Gasteiger partial charge in [-0.1, -0.05) is 18.2 Å². The van der Waals surface area contributed by atoms with E-state index in [9.17, 15) is 34.2 Å². The summed E-state index contributed by atoms with van der Waals surface area (Å²) >= 11 is 0. The topological polar surface area (TPSA) is 193 Å². The van der Waals surface area contributed by atoms with Gasteiger partial charge < -0.3 is 39.6 Å². The fourth-order valence-corrected chi connectivity index (χ4v) is 4.90. The highest BCUT2D eigenvalue weighted by atomic mass is 16.8. The molecule has 16 heteroatoms. The molecule has 244 valence electrons. The smallest absolute Gasteiger partial charge is 0.481 e. The summed E-state index contributed by atoms with van der Waals surface area (Å²) in [6.07, 6.45) is -0.852. The molecule has 2 fully saturated rings. The lowest BCUT2D eigenvalue weighted by Gasteiger charge is -2.35. The number of nitrogens with zero attached hydrogens (tertiary/aromatic N) is 5. The van der Waals surface area contributed by atoms with Crippen LogP contribution in [0.15, 0.2) is 36.4 Å². The molecule has 1 aromatic carbocycles. The number of para-hydroxylation sites is 1. The van der Waals surface area contributed by atoms with Crippen molar-refractivity contribution in [1.29, 1.82) is 0 Å². The Bertz CT molecular complexity index is 1340. The standard InChI is InChI=1S/C29H38N6O10/c1-2-43-29(42)45-34-16-14-33(15-17-34)28(41)22(8-9-26(38)39)30-27(40)23-18-25(35(31-23)20-6-4-3-5-7-20)44-19-24(37)32-12-10-21(36)11-13-32/h3-7,18,21-22,36H,2,8-17,19H2,1H3,(H,30,40)(H,38,39)/t22-/m0/s1. The summed E-state index contributed by atoms with van der Waals surface area (Å²) in [5.74, 6) is -2.52. The molecule has 2 aromatic rings. The molecule has 0 saturated carbocycles. The quantitative estimate of drug-likeness (QED) is 0.274. The largest absolute Gasteiger partial charge is 0.527 e. The van der Waals surface area contributed by atoms with Gasteiger partial charge in [0, 0.05) is 38.7 Å². The minimum atomic E-state index is -1.17. The van der Waals surface area contributed by atoms with E-state index < -0.39 is 36.1 Å². The number of likely N-dealkylation sites (tertiary alicyclic amines) is 1. The van der Waals surface area contributed by atoms with Crippen LogP contribution >= 0.6 is 0 Å². The number of piperidine rings is 1. The van der Waals surface area contributed by atoms with Gasteiger partial charge in [0.2, 0.25) is 11.8 Å². The van der Waals surface area contributed by atoms with Crippen LogP contribution in [0, 0.1) is 0 Å². The Balaban J connectivity index is 1.45. The van der Waals surface area contributed by atoms with Crippen molar-refractivity contribution in [2.75, 3.05) is 52.5 Å². The van der Waals surface area contributed by atoms with Crippen molar-refractivity contribution in [3.63, 3.8) is 0 Å². The first-order valence-electron chi connectivity index (χ1n) is 14.8. The van der Waals surface area contributed by atoms with Gasteiger partial charge in [0.25, 0.3) is 11.8 Å². The Morgan fingerprint density at radius 2 is 1.69 bits per heavy atom. The summed E-state index contributed by atoms with van der Waals surface area (Å²) in [5, 5.41) is 27.3. The maximum absolute atomic E-state index is 13.4. The number of benzene rings is 1. The molecule has 16 nitrogen and oxygen atoms in total. The number of ether oxygens (including phenoxy) is 2. The van der Waals surface area contributed by atoms with Crippen LogP contribution in [0.3, 0.4) is 0 Å². The van der Waals surface area contributed by atoms with Crippen LogP contribution < -0.4 is 10.1 Å². The average molecular weight is 631 g/mol. The molecule has 45 heavy (non-hydrogen) atoms. The van der Waals surface area contributed by atoms with Gasteiger partial charge in [0.1, 0.15) is 6.04 Å². The summed E-state index contributed by atoms with van der Waals surface area (Å²) in [4.78, 5) is 70.6. The number of nitrogens with one attached hydrogen (secondary N) is 1. The zero-order valence-electron chi connectivity index (χ0n) is 25.0. The summed E-state index contributed by atoms with van der Waals surface area (Å²) in [6, 6.07) is 8.98. The van der Waals surface area contributed by atoms with E-state index in [0.29, 0.717) is 31.6 Å². The predicted molar refractivity (Wildman–Crippen MR) is 155 cm³/mol. The number of aliphatic carboxylic acids is 1. The van der Waals surface area contributed by atoms with Gasteiger partial charge in [-0.25, -0.2) is 9.48 Å². The minimum Gasteiger partial charge on any atom is -0.481 e. The van der Waals surface area contributed by atoms with Gasteiger partial charge in [-0.05, 0) is 38.3 Å². The fraction of sp³-hybridized carbons (Fsp3) is 0.517. The number of piperazine rings is 1. The number of hydrogen-bond donors (Lipinski definition) is 3. The number of hydrogen-bond acceptors (Lipinski definition) is 11. The summed E-state index contributed by atoms with van der Waals surface area (Å²) in [7, 11) is 0. The number of hydroxylamine groups is 2. The molecule has 0 radical (unpaired) electrons. The van der Waals surface area contributed by atoms with Crippen molar-refractivity contribution >= 4 is 29.8 Å². The molecule has 2 saturated heterocycles. The molecule has 2 aliphatic heterocycles. The zero-order valence-corrected chi connectivity index (χ0v) is 25.0. The number of aliphatic hydroxyl groups excluding tert-OH is 1. The molecule has 3 N–H and O–H groups in total. The number of carbonyl (C=O) groups is 5. The molecule has 4 rings (SSSR count). The first-order chi connectivity index (χ1) is 21.6. The first kappa shape index (κ1) is 33.2. The third kappa shape index (κ3) is 9.39.